The molecular weight excluding hydrogens is 416 g/mol. The lowest BCUT2D eigenvalue weighted by atomic mass is 10.0. The van der Waals surface area contributed by atoms with Crippen molar-refractivity contribution in [1.82, 2.24) is 19.7 Å². The van der Waals surface area contributed by atoms with Crippen molar-refractivity contribution < 1.29 is 4.79 Å². The molecule has 4 aromatic rings. The lowest BCUT2D eigenvalue weighted by Crippen LogP contribution is -2.23. The van der Waals surface area contributed by atoms with Crippen LogP contribution in [0.1, 0.15) is 27.3 Å². The van der Waals surface area contributed by atoms with Gasteiger partial charge in [-0.3, -0.25) is 9.59 Å². The first-order valence-electron chi connectivity index (χ1n) is 10.4. The topological polar surface area (TPSA) is 102 Å². The van der Waals surface area contributed by atoms with Crippen molar-refractivity contribution in [2.45, 2.75) is 20.8 Å². The van der Waals surface area contributed by atoms with E-state index in [-0.39, 0.29) is 11.5 Å². The zero-order chi connectivity index (χ0) is 23.5. The van der Waals surface area contributed by atoms with Gasteiger partial charge in [0.15, 0.2) is 0 Å². The third-order valence-electron chi connectivity index (χ3n) is 5.27. The molecule has 1 amide bonds. The number of hydrogen-bond donors (Lipinski definition) is 2. The minimum atomic E-state index is -0.281. The molecule has 0 aliphatic heterocycles. The standard InChI is InChI=1S/C25H24N6O2/c1-15-8-10-18(11-9-15)24(32)29-20-7-5-6-19(16(20)2)21-14-22(25(33)31(4)30-21)28-23-12-13-26-17(3)27-23/h5-14H,1-4H3,(H,29,32)(H,26,27,28). The number of rotatable bonds is 5. The predicted molar refractivity (Wildman–Crippen MR) is 129 cm³/mol. The third-order valence-corrected chi connectivity index (χ3v) is 5.27. The zero-order valence-corrected chi connectivity index (χ0v) is 18.9. The second-order valence-electron chi connectivity index (χ2n) is 7.78. The molecule has 2 aromatic carbocycles. The van der Waals surface area contributed by atoms with E-state index in [2.05, 4.69) is 25.7 Å². The van der Waals surface area contributed by atoms with Gasteiger partial charge >= 0.3 is 0 Å². The minimum Gasteiger partial charge on any atom is -0.336 e. The largest absolute Gasteiger partial charge is 0.336 e. The fourth-order valence-electron chi connectivity index (χ4n) is 3.44. The molecule has 4 rings (SSSR count). The molecule has 0 aliphatic rings. The molecule has 0 saturated carbocycles. The summed E-state index contributed by atoms with van der Waals surface area (Å²) in [5.41, 5.74) is 4.64. The SMILES string of the molecule is Cc1ccc(C(=O)Nc2cccc(-c3cc(Nc4ccnc(C)n4)c(=O)n(C)n3)c2C)cc1. The molecular formula is C25H24N6O2. The third kappa shape index (κ3) is 4.79. The van der Waals surface area contributed by atoms with E-state index in [0.717, 1.165) is 16.7 Å². The van der Waals surface area contributed by atoms with E-state index in [4.69, 9.17) is 0 Å². The van der Waals surface area contributed by atoms with Crippen LogP contribution in [-0.2, 0) is 7.05 Å². The van der Waals surface area contributed by atoms with Gasteiger partial charge in [0.05, 0.1) is 5.69 Å². The van der Waals surface area contributed by atoms with Crippen LogP contribution >= 0.6 is 0 Å². The first-order valence-corrected chi connectivity index (χ1v) is 10.4. The van der Waals surface area contributed by atoms with Crippen LogP contribution in [0.15, 0.2) is 65.6 Å². The Kier molecular flexibility index (Phi) is 5.99. The van der Waals surface area contributed by atoms with Crippen molar-refractivity contribution in [3.63, 3.8) is 0 Å². The van der Waals surface area contributed by atoms with Gasteiger partial charge in [-0.25, -0.2) is 14.6 Å². The maximum Gasteiger partial charge on any atom is 0.290 e. The Labute approximate surface area is 191 Å². The molecule has 8 nitrogen and oxygen atoms in total. The molecule has 0 radical (unpaired) electrons. The van der Waals surface area contributed by atoms with E-state index >= 15 is 0 Å². The maximum atomic E-state index is 12.7. The first kappa shape index (κ1) is 21.9. The van der Waals surface area contributed by atoms with Crippen molar-refractivity contribution in [2.24, 2.45) is 7.05 Å². The quantitative estimate of drug-likeness (QED) is 0.483. The van der Waals surface area contributed by atoms with Crippen molar-refractivity contribution in [2.75, 3.05) is 10.6 Å². The van der Waals surface area contributed by atoms with E-state index in [0.29, 0.717) is 34.3 Å². The van der Waals surface area contributed by atoms with E-state index in [1.54, 1.807) is 44.4 Å². The second-order valence-corrected chi connectivity index (χ2v) is 7.78. The first-order chi connectivity index (χ1) is 15.8. The summed E-state index contributed by atoms with van der Waals surface area (Å²) in [6, 6.07) is 16.4. The molecule has 2 N–H and O–H groups in total. The van der Waals surface area contributed by atoms with Gasteiger partial charge in [-0.15, -0.1) is 0 Å². The monoisotopic (exact) mass is 440 g/mol. The van der Waals surface area contributed by atoms with Gasteiger partial charge in [-0.05, 0) is 56.7 Å². The number of aromatic nitrogens is 4. The van der Waals surface area contributed by atoms with Crippen LogP contribution in [-0.4, -0.2) is 25.7 Å². The van der Waals surface area contributed by atoms with Gasteiger partial charge in [0.2, 0.25) is 0 Å². The highest BCUT2D eigenvalue weighted by Crippen LogP contribution is 2.28. The molecule has 0 unspecified atom stereocenters. The summed E-state index contributed by atoms with van der Waals surface area (Å²) in [6.07, 6.45) is 1.63. The lowest BCUT2D eigenvalue weighted by molar-refractivity contribution is 0.102. The summed E-state index contributed by atoms with van der Waals surface area (Å²) in [5.74, 6) is 0.928. The minimum absolute atomic E-state index is 0.190. The summed E-state index contributed by atoms with van der Waals surface area (Å²) in [7, 11) is 1.60. The Morgan fingerprint density at radius 3 is 2.45 bits per heavy atom. The molecule has 166 valence electrons. The Morgan fingerprint density at radius 2 is 1.73 bits per heavy atom. The van der Waals surface area contributed by atoms with Crippen LogP contribution < -0.4 is 16.2 Å². The number of hydrogen-bond acceptors (Lipinski definition) is 6. The zero-order valence-electron chi connectivity index (χ0n) is 18.9. The molecule has 0 spiro atoms. The van der Waals surface area contributed by atoms with Crippen molar-refractivity contribution in [3.05, 3.63) is 93.7 Å². The second kappa shape index (κ2) is 9.04. The van der Waals surface area contributed by atoms with Crippen LogP contribution in [0.5, 0.6) is 0 Å². The average molecular weight is 441 g/mol. The lowest BCUT2D eigenvalue weighted by Gasteiger charge is -2.14. The number of anilines is 3. The Hall–Kier alpha value is -4.33. The summed E-state index contributed by atoms with van der Waals surface area (Å²) in [6.45, 7) is 5.67. The van der Waals surface area contributed by atoms with Crippen LogP contribution in [0, 0.1) is 20.8 Å². The number of carbonyl (C=O) groups excluding carboxylic acids is 1. The highest BCUT2D eigenvalue weighted by Gasteiger charge is 2.14. The number of carbonyl (C=O) groups is 1. The van der Waals surface area contributed by atoms with Gasteiger partial charge in [0.1, 0.15) is 17.3 Å². The van der Waals surface area contributed by atoms with E-state index in [1.165, 1.54) is 4.68 Å². The number of nitrogens with zero attached hydrogens (tertiary/aromatic N) is 4. The predicted octanol–water partition coefficient (Wildman–Crippen LogP) is 4.16. The van der Waals surface area contributed by atoms with Crippen molar-refractivity contribution in [1.29, 1.82) is 0 Å². The summed E-state index contributed by atoms with van der Waals surface area (Å²) in [5, 5.41) is 10.5. The summed E-state index contributed by atoms with van der Waals surface area (Å²) < 4.78 is 1.28. The van der Waals surface area contributed by atoms with Gasteiger partial charge in [-0.1, -0.05) is 29.8 Å². The smallest absolute Gasteiger partial charge is 0.290 e. The van der Waals surface area contributed by atoms with Crippen molar-refractivity contribution in [3.8, 4) is 11.3 Å². The van der Waals surface area contributed by atoms with Gasteiger partial charge in [0, 0.05) is 30.1 Å². The van der Waals surface area contributed by atoms with Crippen LogP contribution in [0.3, 0.4) is 0 Å². The molecule has 0 aliphatic carbocycles. The molecule has 2 heterocycles. The highest BCUT2D eigenvalue weighted by molar-refractivity contribution is 6.05. The molecule has 0 bridgehead atoms. The fraction of sp³-hybridized carbons (Fsp3) is 0.160. The Balaban J connectivity index is 1.68. The Morgan fingerprint density at radius 1 is 0.970 bits per heavy atom. The van der Waals surface area contributed by atoms with Crippen LogP contribution in [0.2, 0.25) is 0 Å². The molecule has 0 fully saturated rings. The van der Waals surface area contributed by atoms with Gasteiger partial charge in [-0.2, -0.15) is 5.10 Å². The van der Waals surface area contributed by atoms with E-state index < -0.39 is 0 Å². The number of benzene rings is 2. The summed E-state index contributed by atoms with van der Waals surface area (Å²) in [4.78, 5) is 33.8. The van der Waals surface area contributed by atoms with E-state index in [9.17, 15) is 9.59 Å². The normalized spacial score (nSPS) is 10.7. The average Bonchev–Trinajstić information content (AvgIpc) is 2.78. The van der Waals surface area contributed by atoms with Gasteiger partial charge in [0.25, 0.3) is 11.5 Å². The van der Waals surface area contributed by atoms with Crippen LogP contribution in [0.4, 0.5) is 17.2 Å². The molecule has 0 atom stereocenters. The van der Waals surface area contributed by atoms with Gasteiger partial charge < -0.3 is 10.6 Å². The molecule has 2 aromatic heterocycles. The number of nitrogens with one attached hydrogen (secondary N) is 2. The molecule has 0 saturated heterocycles. The Bertz CT molecular complexity index is 1390. The molecule has 33 heavy (non-hydrogen) atoms. The van der Waals surface area contributed by atoms with Crippen molar-refractivity contribution >= 4 is 23.1 Å². The van der Waals surface area contributed by atoms with E-state index in [1.807, 2.05) is 44.2 Å². The van der Waals surface area contributed by atoms with Crippen LogP contribution in [0.25, 0.3) is 11.3 Å². The number of aryl methyl sites for hydroxylation is 3. The number of amides is 1. The fourth-order valence-corrected chi connectivity index (χ4v) is 3.44. The molecule has 8 heteroatoms. The summed E-state index contributed by atoms with van der Waals surface area (Å²) >= 11 is 0. The highest BCUT2D eigenvalue weighted by atomic mass is 16.1. The maximum absolute atomic E-state index is 12.7.